The third-order valence-corrected chi connectivity index (χ3v) is 6.21. The Bertz CT molecular complexity index is 1310. The molecule has 0 saturated carbocycles. The van der Waals surface area contributed by atoms with Crippen LogP contribution in [-0.2, 0) is 6.42 Å². The number of hydrogen-bond acceptors (Lipinski definition) is 7. The van der Waals surface area contributed by atoms with Gasteiger partial charge in [0.2, 0.25) is 0 Å². The van der Waals surface area contributed by atoms with E-state index in [1.165, 1.54) is 6.33 Å². The van der Waals surface area contributed by atoms with E-state index < -0.39 is 0 Å². The summed E-state index contributed by atoms with van der Waals surface area (Å²) in [5.74, 6) is 1.43. The van der Waals surface area contributed by atoms with Crippen molar-refractivity contribution >= 4 is 39.4 Å². The van der Waals surface area contributed by atoms with E-state index in [-0.39, 0.29) is 11.6 Å². The third-order valence-electron chi connectivity index (χ3n) is 5.90. The van der Waals surface area contributed by atoms with E-state index in [4.69, 9.17) is 16.6 Å². The van der Waals surface area contributed by atoms with Crippen molar-refractivity contribution in [2.75, 3.05) is 25.0 Å². The number of benzene rings is 1. The Morgan fingerprint density at radius 3 is 2.94 bits per heavy atom. The molecule has 164 valence electrons. The van der Waals surface area contributed by atoms with Crippen molar-refractivity contribution in [1.82, 2.24) is 29.8 Å². The zero-order chi connectivity index (χ0) is 21.9. The van der Waals surface area contributed by atoms with E-state index in [1.54, 1.807) is 12.3 Å². The fourth-order valence-electron chi connectivity index (χ4n) is 4.38. The van der Waals surface area contributed by atoms with Gasteiger partial charge < -0.3 is 10.6 Å². The van der Waals surface area contributed by atoms with Gasteiger partial charge in [0.05, 0.1) is 21.4 Å². The molecule has 2 N–H and O–H groups in total. The maximum atomic E-state index is 13.6. The van der Waals surface area contributed by atoms with E-state index >= 15 is 0 Å². The fraction of sp³-hybridized carbons (Fsp3) is 0.348. The van der Waals surface area contributed by atoms with Crippen LogP contribution >= 0.6 is 11.6 Å². The topological polar surface area (TPSA) is 97.6 Å². The molecule has 5 rings (SSSR count). The van der Waals surface area contributed by atoms with Crippen LogP contribution in [0.1, 0.15) is 31.1 Å². The van der Waals surface area contributed by atoms with Crippen molar-refractivity contribution < 1.29 is 0 Å². The third kappa shape index (κ3) is 4.03. The molecule has 1 aliphatic heterocycles. The minimum Gasteiger partial charge on any atom is -0.368 e. The maximum Gasteiger partial charge on any atom is 0.263 e. The molecule has 1 aliphatic rings. The van der Waals surface area contributed by atoms with Crippen molar-refractivity contribution in [2.45, 2.75) is 31.7 Å². The van der Waals surface area contributed by atoms with E-state index in [0.29, 0.717) is 34.7 Å². The molecule has 4 heterocycles. The minimum atomic E-state index is -0.0587. The van der Waals surface area contributed by atoms with Crippen LogP contribution in [0.15, 0.2) is 47.7 Å². The second-order valence-corrected chi connectivity index (χ2v) is 8.35. The Labute approximate surface area is 190 Å². The van der Waals surface area contributed by atoms with Gasteiger partial charge in [-0.1, -0.05) is 17.7 Å². The number of nitrogens with zero attached hydrogens (tertiary/aromatic N) is 5. The summed E-state index contributed by atoms with van der Waals surface area (Å²) in [5, 5.41) is 7.71. The maximum absolute atomic E-state index is 13.6. The molecule has 8 nitrogen and oxygen atoms in total. The lowest BCUT2D eigenvalue weighted by molar-refractivity contribution is 0.424. The largest absolute Gasteiger partial charge is 0.368 e. The Morgan fingerprint density at radius 1 is 1.09 bits per heavy atom. The number of nitrogens with one attached hydrogen (secondary N) is 2. The van der Waals surface area contributed by atoms with Gasteiger partial charge in [0.1, 0.15) is 17.7 Å². The van der Waals surface area contributed by atoms with Gasteiger partial charge in [-0.15, -0.1) is 0 Å². The molecule has 0 spiro atoms. The number of aromatic nitrogens is 5. The summed E-state index contributed by atoms with van der Waals surface area (Å²) in [5.41, 5.74) is 2.08. The zero-order valence-electron chi connectivity index (χ0n) is 17.6. The molecule has 3 aromatic heterocycles. The van der Waals surface area contributed by atoms with E-state index in [1.807, 2.05) is 28.8 Å². The van der Waals surface area contributed by atoms with Crippen LogP contribution in [0.5, 0.6) is 0 Å². The van der Waals surface area contributed by atoms with Crippen LogP contribution in [-0.4, -0.2) is 44.1 Å². The van der Waals surface area contributed by atoms with Crippen LogP contribution < -0.4 is 16.2 Å². The molecule has 1 fully saturated rings. The standard InChI is InChI=1S/C23H24ClN7O/c24-16-5-1-6-17-20(16)23(32)31(15-4-2-10-25-12-8-15)19(30-17)9-13-27-22-21-18(28-14-29-22)7-3-11-26-21/h1,3,5-7,11,14-15,25H,2,4,8-10,12-13H2,(H,27,28,29)/t15-/m0/s1. The summed E-state index contributed by atoms with van der Waals surface area (Å²) in [7, 11) is 0. The normalized spacial score (nSPS) is 16.8. The Morgan fingerprint density at radius 2 is 2.00 bits per heavy atom. The van der Waals surface area contributed by atoms with Crippen LogP contribution in [0.2, 0.25) is 5.02 Å². The summed E-state index contributed by atoms with van der Waals surface area (Å²) in [6, 6.07) is 9.28. The lowest BCUT2D eigenvalue weighted by Gasteiger charge is -2.22. The first kappa shape index (κ1) is 20.8. The number of hydrogen-bond donors (Lipinski definition) is 2. The summed E-state index contributed by atoms with van der Waals surface area (Å²) in [6.45, 7) is 2.41. The van der Waals surface area contributed by atoms with Gasteiger partial charge in [-0.25, -0.2) is 15.0 Å². The average molecular weight is 450 g/mol. The first-order chi connectivity index (χ1) is 15.7. The summed E-state index contributed by atoms with van der Waals surface area (Å²) in [4.78, 5) is 31.4. The molecule has 1 saturated heterocycles. The number of fused-ring (bicyclic) bond motifs is 2. The van der Waals surface area contributed by atoms with Crippen molar-refractivity contribution in [1.29, 1.82) is 0 Å². The van der Waals surface area contributed by atoms with Gasteiger partial charge in [-0.3, -0.25) is 14.3 Å². The molecular formula is C23H24ClN7O. The highest BCUT2D eigenvalue weighted by atomic mass is 35.5. The molecule has 4 aromatic rings. The van der Waals surface area contributed by atoms with Gasteiger partial charge in [-0.2, -0.15) is 0 Å². The monoisotopic (exact) mass is 449 g/mol. The van der Waals surface area contributed by atoms with Crippen LogP contribution in [0, 0.1) is 0 Å². The van der Waals surface area contributed by atoms with Crippen LogP contribution in [0.4, 0.5) is 5.82 Å². The van der Waals surface area contributed by atoms with Crippen molar-refractivity contribution in [2.24, 2.45) is 0 Å². The highest BCUT2D eigenvalue weighted by Gasteiger charge is 2.21. The molecule has 32 heavy (non-hydrogen) atoms. The van der Waals surface area contributed by atoms with Crippen LogP contribution in [0.25, 0.3) is 21.9 Å². The summed E-state index contributed by atoms with van der Waals surface area (Å²) < 4.78 is 1.87. The SMILES string of the molecule is O=c1c2c(Cl)cccc2nc(CCNc2ncnc3cccnc23)n1[C@H]1CCCNCC1. The predicted molar refractivity (Wildman–Crippen MR) is 126 cm³/mol. The number of anilines is 1. The highest BCUT2D eigenvalue weighted by molar-refractivity contribution is 6.35. The molecule has 1 atom stereocenters. The number of pyridine rings is 1. The Balaban J connectivity index is 1.49. The van der Waals surface area contributed by atoms with Gasteiger partial charge in [0, 0.05) is 25.2 Å². The average Bonchev–Trinajstić information content (AvgIpc) is 3.09. The second kappa shape index (κ2) is 9.18. The van der Waals surface area contributed by atoms with Gasteiger partial charge in [-0.05, 0) is 56.6 Å². The summed E-state index contributed by atoms with van der Waals surface area (Å²) >= 11 is 6.40. The molecule has 0 bridgehead atoms. The van der Waals surface area contributed by atoms with Crippen LogP contribution in [0.3, 0.4) is 0 Å². The lowest BCUT2D eigenvalue weighted by atomic mass is 10.1. The fourth-order valence-corrected chi connectivity index (χ4v) is 4.63. The lowest BCUT2D eigenvalue weighted by Crippen LogP contribution is -2.31. The van der Waals surface area contributed by atoms with Gasteiger partial charge >= 0.3 is 0 Å². The van der Waals surface area contributed by atoms with Gasteiger partial charge in [0.25, 0.3) is 5.56 Å². The van der Waals surface area contributed by atoms with Crippen molar-refractivity contribution in [3.8, 4) is 0 Å². The molecule has 9 heteroatoms. The highest BCUT2D eigenvalue weighted by Crippen LogP contribution is 2.24. The smallest absolute Gasteiger partial charge is 0.263 e. The Hall–Kier alpha value is -3.10. The summed E-state index contributed by atoms with van der Waals surface area (Å²) in [6.07, 6.45) is 6.66. The molecule has 0 radical (unpaired) electrons. The number of rotatable bonds is 5. The number of halogens is 1. The molecule has 0 aliphatic carbocycles. The molecular weight excluding hydrogens is 426 g/mol. The van der Waals surface area contributed by atoms with E-state index in [2.05, 4.69) is 25.6 Å². The van der Waals surface area contributed by atoms with E-state index in [0.717, 1.165) is 49.2 Å². The molecule has 0 unspecified atom stereocenters. The molecule has 0 amide bonds. The first-order valence-corrected chi connectivity index (χ1v) is 11.3. The second-order valence-electron chi connectivity index (χ2n) is 7.94. The van der Waals surface area contributed by atoms with Crippen molar-refractivity contribution in [3.05, 3.63) is 64.1 Å². The minimum absolute atomic E-state index is 0.0587. The molecule has 1 aromatic carbocycles. The first-order valence-electron chi connectivity index (χ1n) is 10.9. The zero-order valence-corrected chi connectivity index (χ0v) is 18.3. The quantitative estimate of drug-likeness (QED) is 0.482. The van der Waals surface area contributed by atoms with E-state index in [9.17, 15) is 4.79 Å². The Kier molecular flexibility index (Phi) is 5.96. The van der Waals surface area contributed by atoms with Crippen molar-refractivity contribution in [3.63, 3.8) is 0 Å². The predicted octanol–water partition coefficient (Wildman–Crippen LogP) is 3.36. The van der Waals surface area contributed by atoms with Gasteiger partial charge in [0.15, 0.2) is 5.82 Å².